The van der Waals surface area contributed by atoms with Crippen LogP contribution in [0.15, 0.2) is 35.9 Å². The Kier molecular flexibility index (Phi) is 14.6. The van der Waals surface area contributed by atoms with E-state index in [2.05, 4.69) is 12.7 Å². The molecule has 3 saturated heterocycles. The van der Waals surface area contributed by atoms with Gasteiger partial charge in [-0.1, -0.05) is 44.1 Å². The number of hydrogen-bond donors (Lipinski definition) is 10. The number of benzene rings is 1. The molecule has 17 atom stereocenters. The summed E-state index contributed by atoms with van der Waals surface area (Å²) in [5.41, 5.74) is 3.16. The van der Waals surface area contributed by atoms with Crippen molar-refractivity contribution >= 4 is 0 Å². The van der Waals surface area contributed by atoms with Gasteiger partial charge in [0.15, 0.2) is 6.29 Å². The molecule has 306 valence electrons. The topological polar surface area (TPSA) is 258 Å². The zero-order chi connectivity index (χ0) is 39.6. The van der Waals surface area contributed by atoms with Crippen LogP contribution in [0.3, 0.4) is 0 Å². The molecule has 5 rings (SSSR count). The standard InChI is InChI=1S/C38H58O16/c1-6-8-18-12-22(50-36-32(46)30(44)27(41)21(7-2)49-36)26(20-11-17(5)9-10-19(20)16(3)4)23(13-18)51-38-34(48)35(29(43)25(15-40)53-38)54-37-33(47)31(45)28(42)24(14-39)52-37/h11-13,19-21,24-25,27-48H,3,6-10,14-15H2,1-2,4-5H3/t19-,20+,21+,24+,25+,27+,28+,29+,30-,31-,32+,33+,34+,35-,36-,37-,38+/m0/s1. The molecule has 0 spiro atoms. The summed E-state index contributed by atoms with van der Waals surface area (Å²) >= 11 is 0. The van der Waals surface area contributed by atoms with Gasteiger partial charge in [-0.2, -0.15) is 0 Å². The van der Waals surface area contributed by atoms with Crippen molar-refractivity contribution in [3.63, 3.8) is 0 Å². The monoisotopic (exact) mass is 770 g/mol. The minimum atomic E-state index is -1.85. The summed E-state index contributed by atoms with van der Waals surface area (Å²) in [5, 5.41) is 106. The van der Waals surface area contributed by atoms with E-state index in [9.17, 15) is 51.1 Å². The molecule has 0 unspecified atom stereocenters. The summed E-state index contributed by atoms with van der Waals surface area (Å²) in [7, 11) is 0. The SMILES string of the molecule is C=C(C)[C@@H]1CCC(C)=C[C@H]1c1c(O[C@@H]2O[C@H](CC)[C@@H](O)[C@H](O)[C@H]2O)cc(CCC)cc1O[C@@H]1O[C@H](CO)[C@@H](O)[C@H](O[C@@H]2O[C@H](CO)[C@@H](O)[C@H](O)[C@H]2O)[C@H]1O. The lowest BCUT2D eigenvalue weighted by atomic mass is 9.73. The summed E-state index contributed by atoms with van der Waals surface area (Å²) < 4.78 is 36.1. The van der Waals surface area contributed by atoms with Crippen molar-refractivity contribution in [1.29, 1.82) is 0 Å². The Labute approximate surface area is 314 Å². The van der Waals surface area contributed by atoms with E-state index >= 15 is 0 Å². The van der Waals surface area contributed by atoms with E-state index in [0.717, 1.165) is 29.6 Å². The molecular weight excluding hydrogens is 712 g/mol. The predicted molar refractivity (Wildman–Crippen MR) is 189 cm³/mol. The first-order valence-electron chi connectivity index (χ1n) is 18.8. The molecule has 1 aliphatic carbocycles. The van der Waals surface area contributed by atoms with Crippen LogP contribution in [0.5, 0.6) is 11.5 Å². The molecular formula is C38H58O16. The molecule has 3 aliphatic heterocycles. The summed E-state index contributed by atoms with van der Waals surface area (Å²) in [6, 6.07) is 3.55. The lowest BCUT2D eigenvalue weighted by Crippen LogP contribution is -2.65. The Hall–Kier alpha value is -2.26. The average molecular weight is 771 g/mol. The van der Waals surface area contributed by atoms with Crippen molar-refractivity contribution < 1.29 is 79.5 Å². The second-order valence-corrected chi connectivity index (χ2v) is 14.9. The van der Waals surface area contributed by atoms with Gasteiger partial charge in [-0.25, -0.2) is 0 Å². The van der Waals surface area contributed by atoms with Crippen LogP contribution in [0, 0.1) is 5.92 Å². The predicted octanol–water partition coefficient (Wildman–Crippen LogP) is -0.746. The van der Waals surface area contributed by atoms with Gasteiger partial charge in [0, 0.05) is 11.5 Å². The first-order chi connectivity index (χ1) is 25.6. The highest BCUT2D eigenvalue weighted by molar-refractivity contribution is 5.53. The van der Waals surface area contributed by atoms with E-state index < -0.39 is 111 Å². The van der Waals surface area contributed by atoms with Gasteiger partial charge >= 0.3 is 0 Å². The van der Waals surface area contributed by atoms with Crippen LogP contribution in [0.25, 0.3) is 0 Å². The Morgan fingerprint density at radius 1 is 0.722 bits per heavy atom. The summed E-state index contributed by atoms with van der Waals surface area (Å²) in [6.45, 7) is 10.4. The minimum absolute atomic E-state index is 0.116. The largest absolute Gasteiger partial charge is 0.462 e. The third-order valence-corrected chi connectivity index (χ3v) is 10.9. The van der Waals surface area contributed by atoms with Gasteiger partial charge in [0.1, 0.15) is 78.6 Å². The van der Waals surface area contributed by atoms with Crippen molar-refractivity contribution in [3.05, 3.63) is 47.1 Å². The van der Waals surface area contributed by atoms with Gasteiger partial charge in [0.05, 0.1) is 19.3 Å². The number of aliphatic hydroxyl groups is 10. The van der Waals surface area contributed by atoms with E-state index in [1.807, 2.05) is 20.8 Å². The van der Waals surface area contributed by atoms with E-state index in [4.69, 9.17) is 28.4 Å². The number of aryl methyl sites for hydroxylation is 1. The summed E-state index contributed by atoms with van der Waals surface area (Å²) in [4.78, 5) is 0. The molecule has 0 radical (unpaired) electrons. The molecule has 0 amide bonds. The molecule has 16 nitrogen and oxygen atoms in total. The molecule has 4 aliphatic rings. The zero-order valence-corrected chi connectivity index (χ0v) is 31.1. The highest BCUT2D eigenvalue weighted by atomic mass is 16.7. The third kappa shape index (κ3) is 8.82. The maximum Gasteiger partial charge on any atom is 0.229 e. The van der Waals surface area contributed by atoms with Crippen molar-refractivity contribution in [1.82, 2.24) is 0 Å². The van der Waals surface area contributed by atoms with E-state index in [1.165, 1.54) is 0 Å². The van der Waals surface area contributed by atoms with Crippen LogP contribution in [0.4, 0.5) is 0 Å². The van der Waals surface area contributed by atoms with Gasteiger partial charge in [-0.3, -0.25) is 0 Å². The van der Waals surface area contributed by atoms with Crippen LogP contribution in [0.2, 0.25) is 0 Å². The van der Waals surface area contributed by atoms with Crippen molar-refractivity contribution in [2.75, 3.05) is 13.2 Å². The highest BCUT2D eigenvalue weighted by Gasteiger charge is 2.52. The van der Waals surface area contributed by atoms with Crippen LogP contribution in [-0.4, -0.2) is 156 Å². The molecule has 1 aromatic carbocycles. The maximum absolute atomic E-state index is 11.7. The second kappa shape index (κ2) is 18.3. The average Bonchev–Trinajstić information content (AvgIpc) is 3.14. The Morgan fingerprint density at radius 3 is 1.80 bits per heavy atom. The molecule has 3 heterocycles. The van der Waals surface area contributed by atoms with Gasteiger partial charge < -0.3 is 79.5 Å². The van der Waals surface area contributed by atoms with Gasteiger partial charge in [0.25, 0.3) is 0 Å². The number of hydrogen-bond acceptors (Lipinski definition) is 16. The fourth-order valence-corrected chi connectivity index (χ4v) is 7.77. The van der Waals surface area contributed by atoms with Crippen LogP contribution in [0.1, 0.15) is 70.4 Å². The van der Waals surface area contributed by atoms with Crippen LogP contribution < -0.4 is 9.47 Å². The molecule has 16 heteroatoms. The molecule has 0 saturated carbocycles. The van der Waals surface area contributed by atoms with Gasteiger partial charge in [-0.05, 0) is 63.1 Å². The van der Waals surface area contributed by atoms with E-state index in [0.29, 0.717) is 24.8 Å². The normalized spacial score (nSPS) is 41.6. The van der Waals surface area contributed by atoms with E-state index in [1.54, 1.807) is 19.1 Å². The van der Waals surface area contributed by atoms with Gasteiger partial charge in [-0.15, -0.1) is 0 Å². The Morgan fingerprint density at radius 2 is 1.24 bits per heavy atom. The summed E-state index contributed by atoms with van der Waals surface area (Å²) in [5.74, 6) is -0.121. The molecule has 0 bridgehead atoms. The zero-order valence-electron chi connectivity index (χ0n) is 31.1. The molecule has 1 aromatic rings. The number of allylic oxidation sites excluding steroid dienone is 3. The number of aliphatic hydroxyl groups excluding tert-OH is 10. The number of rotatable bonds is 13. The van der Waals surface area contributed by atoms with Crippen LogP contribution >= 0.6 is 0 Å². The molecule has 10 N–H and O–H groups in total. The minimum Gasteiger partial charge on any atom is -0.462 e. The van der Waals surface area contributed by atoms with Crippen molar-refractivity contribution in [2.45, 2.75) is 158 Å². The Bertz CT molecular complexity index is 1440. The maximum atomic E-state index is 11.7. The fourth-order valence-electron chi connectivity index (χ4n) is 7.77. The first-order valence-corrected chi connectivity index (χ1v) is 18.8. The quantitative estimate of drug-likeness (QED) is 0.111. The number of ether oxygens (including phenoxy) is 6. The van der Waals surface area contributed by atoms with E-state index in [-0.39, 0.29) is 17.4 Å². The lowest BCUT2D eigenvalue weighted by Gasteiger charge is -2.46. The smallest absolute Gasteiger partial charge is 0.229 e. The second-order valence-electron chi connectivity index (χ2n) is 14.9. The van der Waals surface area contributed by atoms with Crippen LogP contribution in [-0.2, 0) is 25.4 Å². The summed E-state index contributed by atoms with van der Waals surface area (Å²) in [6.07, 6.45) is -18.1. The fraction of sp³-hybridized carbons (Fsp3) is 0.737. The Balaban J connectivity index is 1.58. The lowest BCUT2D eigenvalue weighted by molar-refractivity contribution is -0.352. The highest BCUT2D eigenvalue weighted by Crippen LogP contribution is 2.49. The third-order valence-electron chi connectivity index (χ3n) is 10.9. The molecule has 54 heavy (non-hydrogen) atoms. The molecule has 0 aromatic heterocycles. The molecule has 3 fully saturated rings. The first kappa shape index (κ1) is 42.9. The van der Waals surface area contributed by atoms with Crippen molar-refractivity contribution in [3.8, 4) is 11.5 Å². The van der Waals surface area contributed by atoms with Crippen molar-refractivity contribution in [2.24, 2.45) is 5.92 Å². The van der Waals surface area contributed by atoms with Gasteiger partial charge in [0.2, 0.25) is 12.6 Å².